The Bertz CT molecular complexity index is 736. The van der Waals surface area contributed by atoms with Crippen LogP contribution in [0.2, 0.25) is 7.25 Å². The minimum atomic E-state index is -3.72. The normalized spacial score (nSPS) is 15.4. The van der Waals surface area contributed by atoms with E-state index in [0.717, 1.165) is 11.5 Å². The van der Waals surface area contributed by atoms with E-state index in [9.17, 15) is 0 Å². The Labute approximate surface area is 178 Å². The van der Waals surface area contributed by atoms with E-state index in [1.54, 1.807) is 0 Å². The number of rotatable bonds is 6. The number of hydrogen-bond donors (Lipinski definition) is 0. The molecule has 2 aliphatic rings. The fourth-order valence-corrected chi connectivity index (χ4v) is 12.0. The van der Waals surface area contributed by atoms with Gasteiger partial charge < -0.3 is 24.8 Å². The molecule has 0 amide bonds. The maximum absolute atomic E-state index is 6.76. The summed E-state index contributed by atoms with van der Waals surface area (Å²) in [5.74, 6) is 1.77. The van der Waals surface area contributed by atoms with E-state index in [1.807, 2.05) is 60.7 Å². The van der Waals surface area contributed by atoms with Gasteiger partial charge in [-0.15, -0.1) is 0 Å². The smallest absolute Gasteiger partial charge is 1.00 e. The molecule has 27 heavy (non-hydrogen) atoms. The molecule has 0 unspecified atom stereocenters. The predicted molar refractivity (Wildman–Crippen MR) is 98.2 cm³/mol. The molecule has 2 aliphatic carbocycles. The zero-order valence-electron chi connectivity index (χ0n) is 14.6. The second-order valence-electron chi connectivity index (χ2n) is 6.14. The van der Waals surface area contributed by atoms with Gasteiger partial charge in [0.1, 0.15) is 0 Å². The van der Waals surface area contributed by atoms with Gasteiger partial charge in [-0.3, -0.25) is 0 Å². The van der Waals surface area contributed by atoms with E-state index in [2.05, 4.69) is 48.6 Å². The minimum absolute atomic E-state index is 0. The van der Waals surface area contributed by atoms with Crippen LogP contribution in [0, 0.1) is 0 Å². The quantitative estimate of drug-likeness (QED) is 0.581. The average Bonchev–Trinajstić information content (AvgIpc) is 3.37. The second-order valence-corrected chi connectivity index (χ2v) is 14.0. The van der Waals surface area contributed by atoms with Crippen LogP contribution in [0.3, 0.4) is 0 Å². The Morgan fingerprint density at radius 1 is 0.519 bits per heavy atom. The Balaban J connectivity index is 0.00000131. The summed E-state index contributed by atoms with van der Waals surface area (Å²) in [6.45, 7) is 0. The van der Waals surface area contributed by atoms with Gasteiger partial charge in [0.15, 0.2) is 0 Å². The summed E-state index contributed by atoms with van der Waals surface area (Å²) < 4.78 is 13.9. The van der Waals surface area contributed by atoms with Crippen molar-refractivity contribution in [1.82, 2.24) is 0 Å². The Hall–Kier alpha value is -1.54. The monoisotopic (exact) mass is 476 g/mol. The third-order valence-electron chi connectivity index (χ3n) is 4.47. The van der Waals surface area contributed by atoms with E-state index in [0.29, 0.717) is 0 Å². The van der Waals surface area contributed by atoms with Gasteiger partial charge in [0, 0.05) is 0 Å². The summed E-state index contributed by atoms with van der Waals surface area (Å²) in [5, 5.41) is 0. The van der Waals surface area contributed by atoms with Crippen LogP contribution in [0.25, 0.3) is 0 Å². The van der Waals surface area contributed by atoms with Crippen molar-refractivity contribution < 1.29 is 51.6 Å². The summed E-state index contributed by atoms with van der Waals surface area (Å²) >= 11 is -3.72. The molecule has 0 radical (unpaired) electrons. The van der Waals surface area contributed by atoms with Gasteiger partial charge in [-0.05, 0) is 0 Å². The molecule has 0 saturated carbocycles. The molecular weight excluding hydrogens is 458 g/mol. The van der Waals surface area contributed by atoms with Crippen molar-refractivity contribution in [2.24, 2.45) is 0 Å². The zero-order chi connectivity index (χ0) is 17.0. The number of allylic oxidation sites excluding steroid dienone is 8. The molecule has 0 aromatic heterocycles. The van der Waals surface area contributed by atoms with Gasteiger partial charge in [-0.1, -0.05) is 0 Å². The van der Waals surface area contributed by atoms with Gasteiger partial charge in [-0.25, -0.2) is 0 Å². The average molecular weight is 479 g/mol. The number of halogens is 2. The summed E-state index contributed by atoms with van der Waals surface area (Å²) in [6, 6.07) is 20.1. The molecule has 0 spiro atoms. The Morgan fingerprint density at radius 2 is 0.852 bits per heavy atom. The molecule has 0 heterocycles. The molecule has 0 atom stereocenters. The van der Waals surface area contributed by atoms with Crippen molar-refractivity contribution in [3.63, 3.8) is 0 Å². The maximum Gasteiger partial charge on any atom is -1.00 e. The van der Waals surface area contributed by atoms with Gasteiger partial charge >= 0.3 is 155 Å². The van der Waals surface area contributed by atoms with E-state index in [1.165, 1.54) is 0 Å². The van der Waals surface area contributed by atoms with Crippen molar-refractivity contribution in [2.45, 2.75) is 7.25 Å². The van der Waals surface area contributed by atoms with Gasteiger partial charge in [0.25, 0.3) is 0 Å². The van der Waals surface area contributed by atoms with Crippen LogP contribution in [-0.2, 0) is 21.1 Å². The van der Waals surface area contributed by atoms with E-state index in [-0.39, 0.29) is 32.1 Å². The van der Waals surface area contributed by atoms with Gasteiger partial charge in [0.2, 0.25) is 0 Å². The van der Waals surface area contributed by atoms with Crippen LogP contribution >= 0.6 is 0 Å². The van der Waals surface area contributed by atoms with Crippen molar-refractivity contribution in [3.05, 3.63) is 109 Å². The van der Waals surface area contributed by atoms with Gasteiger partial charge in [-0.2, -0.15) is 0 Å². The second kappa shape index (κ2) is 10.1. The first-order valence-corrected chi connectivity index (χ1v) is 13.4. The molecule has 140 valence electrons. The van der Waals surface area contributed by atoms with Crippen molar-refractivity contribution in [2.75, 3.05) is 0 Å². The Morgan fingerprint density at radius 3 is 1.19 bits per heavy atom. The summed E-state index contributed by atoms with van der Waals surface area (Å²) in [5.41, 5.74) is 0. The van der Waals surface area contributed by atoms with Crippen LogP contribution in [-0.4, -0.2) is 0 Å². The molecule has 2 aromatic carbocycles. The van der Waals surface area contributed by atoms with Crippen LogP contribution in [0.5, 0.6) is 11.5 Å². The van der Waals surface area contributed by atoms with E-state index < -0.39 is 21.1 Å². The first-order valence-electron chi connectivity index (χ1n) is 8.55. The first kappa shape index (κ1) is 21.8. The molecule has 5 heteroatoms. The third-order valence-corrected chi connectivity index (χ3v) is 13.7. The van der Waals surface area contributed by atoms with Crippen molar-refractivity contribution in [1.29, 1.82) is 0 Å². The van der Waals surface area contributed by atoms with Crippen molar-refractivity contribution >= 4 is 0 Å². The minimum Gasteiger partial charge on any atom is -1.00 e. The molecule has 0 N–H and O–H groups in total. The van der Waals surface area contributed by atoms with Crippen LogP contribution in [0.4, 0.5) is 0 Å². The number of hydrogen-bond acceptors (Lipinski definition) is 2. The largest absolute Gasteiger partial charge is 1.00 e. The first-order chi connectivity index (χ1) is 12.4. The van der Waals surface area contributed by atoms with Crippen LogP contribution in [0.1, 0.15) is 0 Å². The SMILES string of the molecule is C1=C[CH]([Zr]([O]c2ccccc2)([O]c2ccccc2)[CH]2C=CC=C2)C=C1.[Cl-].[Cl-]. The van der Waals surface area contributed by atoms with Gasteiger partial charge in [0.05, 0.1) is 0 Å². The predicted octanol–water partition coefficient (Wildman–Crippen LogP) is -0.0347. The molecule has 0 bridgehead atoms. The molecule has 4 rings (SSSR count). The molecule has 0 fully saturated rings. The fourth-order valence-electron chi connectivity index (χ4n) is 3.26. The topological polar surface area (TPSA) is 18.5 Å². The zero-order valence-corrected chi connectivity index (χ0v) is 18.6. The van der Waals surface area contributed by atoms with E-state index >= 15 is 0 Å². The summed E-state index contributed by atoms with van der Waals surface area (Å²) in [4.78, 5) is 0. The van der Waals surface area contributed by atoms with Crippen molar-refractivity contribution in [3.8, 4) is 11.5 Å². The van der Waals surface area contributed by atoms with Crippen LogP contribution in [0.15, 0.2) is 109 Å². The van der Waals surface area contributed by atoms with Crippen LogP contribution < -0.4 is 30.4 Å². The fraction of sp³-hybridized carbons (Fsp3) is 0.0909. The molecule has 2 nitrogen and oxygen atoms in total. The third kappa shape index (κ3) is 4.85. The summed E-state index contributed by atoms with van der Waals surface area (Å²) in [7, 11) is 0. The molecule has 0 saturated heterocycles. The number of benzene rings is 2. The van der Waals surface area contributed by atoms with E-state index in [4.69, 9.17) is 5.63 Å². The number of para-hydroxylation sites is 2. The maximum atomic E-state index is 6.76. The molecule has 2 aromatic rings. The summed E-state index contributed by atoms with van der Waals surface area (Å²) in [6.07, 6.45) is 17.3. The standard InChI is InChI=1S/2C6H6O.2C5H5.2ClH.Zr/c2*7-6-4-2-1-3-5-6;2*1-2-4-5-3-1;;;/h2*1-5,7H;2*1-5H;2*1H;/q;;;;;;+2/p-4. The molecular formula is C22H20Cl2O2Zr-2. The molecule has 0 aliphatic heterocycles. The Kier molecular flexibility index (Phi) is 8.16.